The van der Waals surface area contributed by atoms with Crippen molar-refractivity contribution in [1.29, 1.82) is 0 Å². The molecule has 0 saturated heterocycles. The van der Waals surface area contributed by atoms with Gasteiger partial charge in [0, 0.05) is 12.7 Å². The zero-order valence-electron chi connectivity index (χ0n) is 10.1. The molecule has 0 aliphatic heterocycles. The number of hydrogen-bond acceptors (Lipinski definition) is 5. The minimum absolute atomic E-state index is 0.0710. The molecule has 0 bridgehead atoms. The van der Waals surface area contributed by atoms with Gasteiger partial charge in [0.05, 0.1) is 11.9 Å². The molecule has 0 aliphatic rings. The van der Waals surface area contributed by atoms with Gasteiger partial charge in [0.15, 0.2) is 0 Å². The van der Waals surface area contributed by atoms with E-state index in [2.05, 4.69) is 5.32 Å². The highest BCUT2D eigenvalue weighted by Gasteiger charge is 2.18. The van der Waals surface area contributed by atoms with Gasteiger partial charge in [0.25, 0.3) is 0 Å². The predicted molar refractivity (Wildman–Crippen MR) is 63.8 cm³/mol. The Kier molecular flexibility index (Phi) is 7.36. The average Bonchev–Trinajstić information content (AvgIpc) is 2.13. The van der Waals surface area contributed by atoms with Crippen LogP contribution in [-0.4, -0.2) is 46.6 Å². The summed E-state index contributed by atoms with van der Waals surface area (Å²) in [6.07, 6.45) is -0.186. The van der Waals surface area contributed by atoms with Crippen molar-refractivity contribution in [3.63, 3.8) is 0 Å². The van der Waals surface area contributed by atoms with Gasteiger partial charge in [-0.25, -0.2) is 4.79 Å². The first-order valence-electron chi connectivity index (χ1n) is 5.10. The fourth-order valence-electron chi connectivity index (χ4n) is 0.977. The van der Waals surface area contributed by atoms with Crippen molar-refractivity contribution in [1.82, 2.24) is 5.32 Å². The van der Waals surface area contributed by atoms with Gasteiger partial charge in [-0.3, -0.25) is 9.59 Å². The Morgan fingerprint density at radius 3 is 2.35 bits per heavy atom. The highest BCUT2D eigenvalue weighted by molar-refractivity contribution is 8.00. The van der Waals surface area contributed by atoms with Gasteiger partial charge >= 0.3 is 11.9 Å². The van der Waals surface area contributed by atoms with E-state index >= 15 is 0 Å². The minimum atomic E-state index is -1.12. The lowest BCUT2D eigenvalue weighted by atomic mass is 10.3. The molecule has 2 N–H and O–H groups in total. The number of hydrogen-bond donors (Lipinski definition) is 2. The molecule has 0 aliphatic carbocycles. The Morgan fingerprint density at radius 1 is 1.35 bits per heavy atom. The number of carbonyl (C=O) groups is 3. The number of aliphatic carboxylic acids is 1. The molecular weight excluding hydrogens is 246 g/mol. The molecule has 17 heavy (non-hydrogen) atoms. The first-order valence-corrected chi connectivity index (χ1v) is 6.25. The van der Waals surface area contributed by atoms with Gasteiger partial charge in [-0.15, -0.1) is 11.8 Å². The van der Waals surface area contributed by atoms with Crippen LogP contribution in [0.2, 0.25) is 0 Å². The van der Waals surface area contributed by atoms with Crippen LogP contribution < -0.4 is 5.32 Å². The first kappa shape index (κ1) is 15.8. The van der Waals surface area contributed by atoms with E-state index in [9.17, 15) is 14.4 Å². The fraction of sp³-hybridized carbons (Fsp3) is 0.700. The van der Waals surface area contributed by atoms with Gasteiger partial charge < -0.3 is 15.2 Å². The first-order chi connectivity index (χ1) is 7.82. The molecule has 0 spiro atoms. The van der Waals surface area contributed by atoms with Crippen LogP contribution in [0, 0.1) is 0 Å². The maximum absolute atomic E-state index is 11.1. The maximum atomic E-state index is 11.1. The summed E-state index contributed by atoms with van der Waals surface area (Å²) in [4.78, 5) is 32.6. The van der Waals surface area contributed by atoms with Crippen LogP contribution in [0.15, 0.2) is 0 Å². The van der Waals surface area contributed by atoms with Gasteiger partial charge in [-0.1, -0.05) is 0 Å². The number of carboxylic acid groups (broad SMARTS) is 1. The maximum Gasteiger partial charge on any atom is 0.327 e. The van der Waals surface area contributed by atoms with Gasteiger partial charge in [0.1, 0.15) is 6.04 Å². The Morgan fingerprint density at radius 2 is 1.94 bits per heavy atom. The number of carbonyl (C=O) groups excluding carboxylic acids is 2. The topological polar surface area (TPSA) is 92.7 Å². The highest BCUT2D eigenvalue weighted by atomic mass is 32.2. The Hall–Kier alpha value is -1.24. The second-order valence-corrected chi connectivity index (χ2v) is 4.68. The van der Waals surface area contributed by atoms with Crippen molar-refractivity contribution >= 4 is 29.6 Å². The van der Waals surface area contributed by atoms with Crippen LogP contribution >= 0.6 is 11.8 Å². The van der Waals surface area contributed by atoms with Crippen molar-refractivity contribution in [3.05, 3.63) is 0 Å². The van der Waals surface area contributed by atoms with E-state index < -0.39 is 23.9 Å². The Labute approximate surface area is 104 Å². The standard InChI is InChI=1S/C10H17NO5S/c1-6(2)16-9(13)5-17-4-8(10(14)15)11-7(3)12/h6,8H,4-5H2,1-3H3,(H,11,12)(H,14,15). The third-order valence-corrected chi connectivity index (χ3v) is 2.56. The molecular formula is C10H17NO5S. The number of thioether (sulfide) groups is 1. The molecule has 0 aromatic rings. The van der Waals surface area contributed by atoms with Crippen LogP contribution in [-0.2, 0) is 19.1 Å². The zero-order valence-corrected chi connectivity index (χ0v) is 10.9. The molecule has 0 saturated carbocycles. The van der Waals surface area contributed by atoms with E-state index in [-0.39, 0.29) is 17.6 Å². The Balaban J connectivity index is 3.94. The fourth-order valence-corrected chi connectivity index (χ4v) is 1.79. The van der Waals surface area contributed by atoms with Crippen LogP contribution in [0.25, 0.3) is 0 Å². The SMILES string of the molecule is CC(=O)NC(CSCC(=O)OC(C)C)C(=O)O. The molecule has 98 valence electrons. The van der Waals surface area contributed by atoms with Crippen LogP contribution in [0.3, 0.4) is 0 Å². The van der Waals surface area contributed by atoms with Crippen molar-refractivity contribution in [2.45, 2.75) is 32.9 Å². The summed E-state index contributed by atoms with van der Waals surface area (Å²) in [5.74, 6) is -1.73. The quantitative estimate of drug-likeness (QED) is 0.640. The summed E-state index contributed by atoms with van der Waals surface area (Å²) in [7, 11) is 0. The summed E-state index contributed by atoms with van der Waals surface area (Å²) in [5, 5.41) is 11.1. The molecule has 1 atom stereocenters. The molecule has 0 heterocycles. The van der Waals surface area contributed by atoms with Crippen LogP contribution in [0.4, 0.5) is 0 Å². The minimum Gasteiger partial charge on any atom is -0.480 e. The third-order valence-electron chi connectivity index (χ3n) is 1.55. The summed E-state index contributed by atoms with van der Waals surface area (Å²) in [6.45, 7) is 4.72. The molecule has 0 aromatic carbocycles. The van der Waals surface area contributed by atoms with Gasteiger partial charge in [-0.2, -0.15) is 0 Å². The number of ether oxygens (including phenoxy) is 1. The monoisotopic (exact) mass is 263 g/mol. The molecule has 1 amide bonds. The van der Waals surface area contributed by atoms with Crippen molar-refractivity contribution in [3.8, 4) is 0 Å². The van der Waals surface area contributed by atoms with E-state index in [0.29, 0.717) is 0 Å². The molecule has 6 nitrogen and oxygen atoms in total. The number of amides is 1. The number of rotatable bonds is 7. The second kappa shape index (κ2) is 7.94. The lowest BCUT2D eigenvalue weighted by molar-refractivity contribution is -0.144. The second-order valence-electron chi connectivity index (χ2n) is 3.65. The molecule has 0 fully saturated rings. The molecule has 7 heteroatoms. The predicted octanol–water partition coefficient (Wildman–Crippen LogP) is 0.260. The smallest absolute Gasteiger partial charge is 0.327 e. The highest BCUT2D eigenvalue weighted by Crippen LogP contribution is 2.05. The number of carboxylic acids is 1. The molecule has 0 rings (SSSR count). The molecule has 0 aromatic heterocycles. The van der Waals surface area contributed by atoms with Crippen molar-refractivity contribution in [2.24, 2.45) is 0 Å². The van der Waals surface area contributed by atoms with E-state index in [1.807, 2.05) is 0 Å². The molecule has 0 radical (unpaired) electrons. The van der Waals surface area contributed by atoms with E-state index in [4.69, 9.17) is 9.84 Å². The zero-order chi connectivity index (χ0) is 13.4. The van der Waals surface area contributed by atoms with Crippen molar-refractivity contribution < 1.29 is 24.2 Å². The summed E-state index contributed by atoms with van der Waals surface area (Å²) < 4.78 is 4.88. The van der Waals surface area contributed by atoms with E-state index in [0.717, 1.165) is 11.8 Å². The summed E-state index contributed by atoms with van der Waals surface area (Å²) >= 11 is 1.11. The molecule has 1 unspecified atom stereocenters. The van der Waals surface area contributed by atoms with E-state index in [1.165, 1.54) is 6.92 Å². The van der Waals surface area contributed by atoms with Crippen LogP contribution in [0.1, 0.15) is 20.8 Å². The lowest BCUT2D eigenvalue weighted by Crippen LogP contribution is -2.41. The number of esters is 1. The number of nitrogens with one attached hydrogen (secondary N) is 1. The van der Waals surface area contributed by atoms with Crippen molar-refractivity contribution in [2.75, 3.05) is 11.5 Å². The average molecular weight is 263 g/mol. The lowest BCUT2D eigenvalue weighted by Gasteiger charge is -2.12. The largest absolute Gasteiger partial charge is 0.480 e. The van der Waals surface area contributed by atoms with Gasteiger partial charge in [0.2, 0.25) is 5.91 Å². The Bertz CT molecular complexity index is 292. The van der Waals surface area contributed by atoms with Crippen LogP contribution in [0.5, 0.6) is 0 Å². The summed E-state index contributed by atoms with van der Waals surface area (Å²) in [5.41, 5.74) is 0. The normalized spacial score (nSPS) is 12.0. The summed E-state index contributed by atoms with van der Waals surface area (Å²) in [6, 6.07) is -0.982. The van der Waals surface area contributed by atoms with E-state index in [1.54, 1.807) is 13.8 Å². The third kappa shape index (κ3) is 8.56. The van der Waals surface area contributed by atoms with Gasteiger partial charge in [-0.05, 0) is 13.8 Å².